The molecule has 3 heterocycles. The van der Waals surface area contributed by atoms with Gasteiger partial charge in [-0.05, 0) is 64.7 Å². The lowest BCUT2D eigenvalue weighted by Crippen LogP contribution is -2.15. The van der Waals surface area contributed by atoms with E-state index in [1.165, 1.54) is 60.5 Å². The molecule has 226 valence electrons. The van der Waals surface area contributed by atoms with Crippen LogP contribution in [0, 0.1) is 0 Å². The Balaban J connectivity index is 1.41. The molecule has 0 saturated heterocycles. The van der Waals surface area contributed by atoms with Gasteiger partial charge < -0.3 is 13.6 Å². The molecule has 3 heteroatoms. The molecule has 0 amide bonds. The predicted octanol–water partition coefficient (Wildman–Crippen LogP) is 12.1. The second-order valence-corrected chi connectivity index (χ2v) is 13.7. The highest BCUT2D eigenvalue weighted by Crippen LogP contribution is 2.52. The average Bonchev–Trinajstić information content (AvgIpc) is 3.84. The Hall–Kier alpha value is -6.06. The molecule has 3 aromatic heterocycles. The summed E-state index contributed by atoms with van der Waals surface area (Å²) in [7, 11) is 0. The van der Waals surface area contributed by atoms with E-state index in [2.05, 4.69) is 169 Å². The minimum atomic E-state index is -0.108. The van der Waals surface area contributed by atoms with E-state index in [1.54, 1.807) is 0 Å². The Kier molecular flexibility index (Phi) is 4.91. The Bertz CT molecular complexity index is 2970. The number of hydrogen-bond donors (Lipinski definition) is 0. The normalized spacial score (nSPS) is 13.8. The topological polar surface area (TPSA) is 23.0 Å². The second kappa shape index (κ2) is 9.05. The van der Waals surface area contributed by atoms with Gasteiger partial charge in [-0.1, -0.05) is 117 Å². The van der Waals surface area contributed by atoms with Crippen LogP contribution in [0.15, 0.2) is 150 Å². The quantitative estimate of drug-likeness (QED) is 0.190. The van der Waals surface area contributed by atoms with Gasteiger partial charge in [0.1, 0.15) is 11.2 Å². The van der Waals surface area contributed by atoms with Crippen molar-refractivity contribution in [3.63, 3.8) is 0 Å². The van der Waals surface area contributed by atoms with Crippen molar-refractivity contribution in [1.29, 1.82) is 0 Å². The van der Waals surface area contributed by atoms with Crippen LogP contribution in [-0.4, -0.2) is 9.13 Å². The van der Waals surface area contributed by atoms with Crippen molar-refractivity contribution in [3.05, 3.63) is 157 Å². The lowest BCUT2D eigenvalue weighted by Gasteiger charge is -2.22. The monoisotopic (exact) mass is 614 g/mol. The van der Waals surface area contributed by atoms with Crippen molar-refractivity contribution >= 4 is 65.6 Å². The highest BCUT2D eigenvalue weighted by molar-refractivity contribution is 6.39. The maximum absolute atomic E-state index is 6.90. The van der Waals surface area contributed by atoms with Crippen LogP contribution in [0.1, 0.15) is 25.0 Å². The van der Waals surface area contributed by atoms with Gasteiger partial charge in [-0.2, -0.15) is 0 Å². The molecule has 11 rings (SSSR count). The van der Waals surface area contributed by atoms with Gasteiger partial charge in [0, 0.05) is 43.7 Å². The number of fused-ring (bicyclic) bond motifs is 15. The lowest BCUT2D eigenvalue weighted by atomic mass is 9.82. The molecule has 7 aromatic carbocycles. The fourth-order valence-corrected chi connectivity index (χ4v) is 8.83. The molecule has 0 atom stereocenters. The maximum Gasteiger partial charge on any atom is 0.146 e. The van der Waals surface area contributed by atoms with Gasteiger partial charge in [-0.15, -0.1) is 0 Å². The van der Waals surface area contributed by atoms with Crippen molar-refractivity contribution in [3.8, 4) is 22.5 Å². The third-order valence-electron chi connectivity index (χ3n) is 10.9. The number of benzene rings is 7. The van der Waals surface area contributed by atoms with E-state index >= 15 is 0 Å². The number of hydrogen-bond acceptors (Lipinski definition) is 1. The Labute approximate surface area is 276 Å². The van der Waals surface area contributed by atoms with E-state index < -0.39 is 0 Å². The lowest BCUT2D eigenvalue weighted by molar-refractivity contribution is 0.660. The number of rotatable bonds is 2. The summed E-state index contributed by atoms with van der Waals surface area (Å²) in [5.41, 5.74) is 14.1. The largest absolute Gasteiger partial charge is 0.455 e. The molecule has 0 saturated carbocycles. The zero-order chi connectivity index (χ0) is 31.7. The van der Waals surface area contributed by atoms with Gasteiger partial charge in [0.15, 0.2) is 0 Å². The minimum Gasteiger partial charge on any atom is -0.455 e. The number of furan rings is 1. The molecular weight excluding hydrogens is 585 g/mol. The van der Waals surface area contributed by atoms with E-state index in [-0.39, 0.29) is 5.41 Å². The molecule has 3 nitrogen and oxygen atoms in total. The van der Waals surface area contributed by atoms with Gasteiger partial charge >= 0.3 is 0 Å². The summed E-state index contributed by atoms with van der Waals surface area (Å²) in [6, 6.07) is 52.9. The summed E-state index contributed by atoms with van der Waals surface area (Å²) in [6.45, 7) is 4.72. The second-order valence-electron chi connectivity index (χ2n) is 13.7. The number of para-hydroxylation sites is 4. The molecule has 48 heavy (non-hydrogen) atoms. The summed E-state index contributed by atoms with van der Waals surface area (Å²) >= 11 is 0. The molecule has 0 spiro atoms. The van der Waals surface area contributed by atoms with Crippen molar-refractivity contribution < 1.29 is 4.42 Å². The average molecular weight is 615 g/mol. The van der Waals surface area contributed by atoms with E-state index in [0.717, 1.165) is 38.7 Å². The highest BCUT2D eigenvalue weighted by Gasteiger charge is 2.36. The first-order valence-corrected chi connectivity index (χ1v) is 16.7. The van der Waals surface area contributed by atoms with Gasteiger partial charge in [-0.25, -0.2) is 0 Å². The standard InChI is InChI=1S/C45H30N2O/c1-45(2)34-20-10-6-16-29(34)30-25-24-28(26-35(30)45)47-36-21-11-7-17-31(36)39-40-33-19-9-13-23-38(33)48-44(40)41-32-18-8-12-22-37(32)46(43(41)42(39)47)27-14-4-3-5-15-27/h3-26H,1-2H3. The van der Waals surface area contributed by atoms with Crippen molar-refractivity contribution in [1.82, 2.24) is 9.13 Å². The van der Waals surface area contributed by atoms with Crippen LogP contribution in [0.5, 0.6) is 0 Å². The van der Waals surface area contributed by atoms with Crippen LogP contribution >= 0.6 is 0 Å². The third-order valence-corrected chi connectivity index (χ3v) is 10.9. The van der Waals surface area contributed by atoms with Gasteiger partial charge in [0.05, 0.1) is 27.5 Å². The fourth-order valence-electron chi connectivity index (χ4n) is 8.83. The molecule has 0 radical (unpaired) electrons. The van der Waals surface area contributed by atoms with E-state index in [0.29, 0.717) is 0 Å². The third kappa shape index (κ3) is 3.14. The molecule has 10 aromatic rings. The summed E-state index contributed by atoms with van der Waals surface area (Å²) in [4.78, 5) is 0. The fraction of sp³-hybridized carbons (Fsp3) is 0.0667. The summed E-state index contributed by atoms with van der Waals surface area (Å²) in [6.07, 6.45) is 0. The van der Waals surface area contributed by atoms with Crippen molar-refractivity contribution in [2.24, 2.45) is 0 Å². The summed E-state index contributed by atoms with van der Waals surface area (Å²) in [5.74, 6) is 0. The van der Waals surface area contributed by atoms with Crippen LogP contribution in [0.3, 0.4) is 0 Å². The van der Waals surface area contributed by atoms with Crippen LogP contribution in [0.4, 0.5) is 0 Å². The van der Waals surface area contributed by atoms with Crippen LogP contribution in [0.2, 0.25) is 0 Å². The molecular formula is C45H30N2O. The molecule has 0 unspecified atom stereocenters. The first-order valence-electron chi connectivity index (χ1n) is 16.7. The summed E-state index contributed by atoms with van der Waals surface area (Å²) in [5, 5.41) is 7.09. The summed E-state index contributed by atoms with van der Waals surface area (Å²) < 4.78 is 11.9. The molecule has 0 aliphatic heterocycles. The van der Waals surface area contributed by atoms with E-state index in [1.807, 2.05) is 0 Å². The Morgan fingerprint density at radius 1 is 0.458 bits per heavy atom. The molecule has 0 fully saturated rings. The number of aromatic nitrogens is 2. The molecule has 1 aliphatic carbocycles. The first kappa shape index (κ1) is 26.1. The zero-order valence-electron chi connectivity index (χ0n) is 26.7. The molecule has 1 aliphatic rings. The molecule has 0 bridgehead atoms. The van der Waals surface area contributed by atoms with Crippen molar-refractivity contribution in [2.45, 2.75) is 19.3 Å². The van der Waals surface area contributed by atoms with Crippen LogP contribution in [0.25, 0.3) is 88.1 Å². The Morgan fingerprint density at radius 2 is 1.04 bits per heavy atom. The van der Waals surface area contributed by atoms with E-state index in [9.17, 15) is 0 Å². The maximum atomic E-state index is 6.90. The predicted molar refractivity (Wildman–Crippen MR) is 200 cm³/mol. The van der Waals surface area contributed by atoms with Gasteiger partial charge in [-0.3, -0.25) is 0 Å². The smallest absolute Gasteiger partial charge is 0.146 e. The SMILES string of the molecule is CC1(C)c2ccccc2-c2ccc(-n3c4ccccc4c4c5c6ccccc6oc5c5c6ccccc6n(-c6ccccc6)c5c43)cc21. The zero-order valence-corrected chi connectivity index (χ0v) is 26.7. The first-order chi connectivity index (χ1) is 23.6. The van der Waals surface area contributed by atoms with Crippen LogP contribution in [-0.2, 0) is 5.41 Å². The van der Waals surface area contributed by atoms with Crippen LogP contribution < -0.4 is 0 Å². The van der Waals surface area contributed by atoms with Gasteiger partial charge in [0.2, 0.25) is 0 Å². The Morgan fingerprint density at radius 3 is 1.83 bits per heavy atom. The van der Waals surface area contributed by atoms with E-state index in [4.69, 9.17) is 4.42 Å². The minimum absolute atomic E-state index is 0.108. The van der Waals surface area contributed by atoms with Crippen molar-refractivity contribution in [2.75, 3.05) is 0 Å². The molecule has 0 N–H and O–H groups in total. The highest BCUT2D eigenvalue weighted by atomic mass is 16.3. The number of nitrogens with zero attached hydrogens (tertiary/aromatic N) is 2. The van der Waals surface area contributed by atoms with Gasteiger partial charge in [0.25, 0.3) is 0 Å².